The Balaban J connectivity index is 0.00000225. The van der Waals surface area contributed by atoms with E-state index < -0.39 is 10.0 Å². The van der Waals surface area contributed by atoms with Gasteiger partial charge in [-0.2, -0.15) is 4.31 Å². The van der Waals surface area contributed by atoms with Crippen LogP contribution in [-0.4, -0.2) is 44.4 Å². The lowest BCUT2D eigenvalue weighted by molar-refractivity contribution is 0.270. The van der Waals surface area contributed by atoms with Gasteiger partial charge in [0.05, 0.1) is 4.90 Å². The third-order valence-corrected chi connectivity index (χ3v) is 6.39. The fraction of sp³-hybridized carbons (Fsp3) is 0.471. The summed E-state index contributed by atoms with van der Waals surface area (Å²) in [6.45, 7) is 3.89. The molecule has 138 valence electrons. The molecule has 0 bridgehead atoms. The van der Waals surface area contributed by atoms with E-state index in [1.807, 2.05) is 7.05 Å². The maximum atomic E-state index is 12.8. The van der Waals surface area contributed by atoms with Gasteiger partial charge in [-0.05, 0) is 44.5 Å². The molecule has 0 unspecified atom stereocenters. The minimum Gasteiger partial charge on any atom is -0.449 e. The summed E-state index contributed by atoms with van der Waals surface area (Å²) >= 11 is 0. The van der Waals surface area contributed by atoms with Gasteiger partial charge in [0, 0.05) is 25.6 Å². The van der Waals surface area contributed by atoms with Crippen molar-refractivity contribution in [2.45, 2.75) is 24.7 Å². The van der Waals surface area contributed by atoms with Gasteiger partial charge in [-0.3, -0.25) is 0 Å². The number of hydrogen-bond acceptors (Lipinski definition) is 5. The molecule has 1 aliphatic rings. The molecule has 1 aromatic heterocycles. The summed E-state index contributed by atoms with van der Waals surface area (Å²) < 4.78 is 32.4. The molecule has 0 amide bonds. The van der Waals surface area contributed by atoms with Crippen LogP contribution in [0.15, 0.2) is 39.8 Å². The van der Waals surface area contributed by atoms with Crippen molar-refractivity contribution in [3.63, 3.8) is 0 Å². The zero-order valence-electron chi connectivity index (χ0n) is 14.4. The van der Waals surface area contributed by atoms with E-state index in [0.29, 0.717) is 35.5 Å². The van der Waals surface area contributed by atoms with Gasteiger partial charge in [0.25, 0.3) is 0 Å². The first-order chi connectivity index (χ1) is 11.5. The molecule has 0 spiro atoms. The Morgan fingerprint density at radius 1 is 1.24 bits per heavy atom. The summed E-state index contributed by atoms with van der Waals surface area (Å²) in [5, 5.41) is 3.16. The fourth-order valence-electron chi connectivity index (χ4n) is 3.09. The highest BCUT2D eigenvalue weighted by Gasteiger charge is 2.29. The Kier molecular flexibility index (Phi) is 6.62. The van der Waals surface area contributed by atoms with Gasteiger partial charge in [-0.25, -0.2) is 13.4 Å². The number of oxazole rings is 1. The Bertz CT molecular complexity index is 782. The first kappa shape index (κ1) is 19.9. The van der Waals surface area contributed by atoms with E-state index in [1.54, 1.807) is 41.8 Å². The van der Waals surface area contributed by atoms with Crippen LogP contribution in [0.3, 0.4) is 0 Å². The standard InChI is InChI=1S/C17H23N3O3S.ClH/c1-13-19-17(12-23-13)15-3-5-16(6-4-15)24(21,22)20-9-7-14(8-10-20)11-18-2;/h3-6,12,14,18H,7-11H2,1-2H3;1H. The van der Waals surface area contributed by atoms with E-state index in [-0.39, 0.29) is 12.4 Å². The molecular weight excluding hydrogens is 362 g/mol. The minimum atomic E-state index is -3.43. The topological polar surface area (TPSA) is 75.4 Å². The second kappa shape index (κ2) is 8.31. The predicted octanol–water partition coefficient (Wildman–Crippen LogP) is 2.69. The molecule has 1 saturated heterocycles. The largest absolute Gasteiger partial charge is 0.449 e. The van der Waals surface area contributed by atoms with Gasteiger partial charge in [0.2, 0.25) is 10.0 Å². The van der Waals surface area contributed by atoms with Gasteiger partial charge in [-0.15, -0.1) is 12.4 Å². The minimum absolute atomic E-state index is 0. The van der Waals surface area contributed by atoms with Gasteiger partial charge in [0.1, 0.15) is 12.0 Å². The van der Waals surface area contributed by atoms with E-state index in [1.165, 1.54) is 0 Å². The molecule has 25 heavy (non-hydrogen) atoms. The van der Waals surface area contributed by atoms with Crippen molar-refractivity contribution in [1.29, 1.82) is 0 Å². The number of piperidine rings is 1. The summed E-state index contributed by atoms with van der Waals surface area (Å²) in [7, 11) is -1.49. The molecular formula is C17H24ClN3O3S. The number of aromatic nitrogens is 1. The number of nitrogens with one attached hydrogen (secondary N) is 1. The number of nitrogens with zero attached hydrogens (tertiary/aromatic N) is 2. The van der Waals surface area contributed by atoms with Crippen LogP contribution in [0, 0.1) is 12.8 Å². The highest BCUT2D eigenvalue weighted by molar-refractivity contribution is 7.89. The Labute approximate surface area is 155 Å². The first-order valence-corrected chi connectivity index (χ1v) is 9.62. The number of halogens is 1. The summed E-state index contributed by atoms with van der Waals surface area (Å²) in [4.78, 5) is 4.59. The molecule has 0 aliphatic carbocycles. The molecule has 2 heterocycles. The van der Waals surface area contributed by atoms with Crippen LogP contribution < -0.4 is 5.32 Å². The van der Waals surface area contributed by atoms with Crippen molar-refractivity contribution in [1.82, 2.24) is 14.6 Å². The highest BCUT2D eigenvalue weighted by Crippen LogP contribution is 2.25. The summed E-state index contributed by atoms with van der Waals surface area (Å²) in [6.07, 6.45) is 3.37. The molecule has 3 rings (SSSR count). The van der Waals surface area contributed by atoms with Crippen molar-refractivity contribution in [3.8, 4) is 11.3 Å². The second-order valence-electron chi connectivity index (χ2n) is 6.18. The van der Waals surface area contributed by atoms with E-state index in [0.717, 1.165) is 24.9 Å². The number of sulfonamides is 1. The second-order valence-corrected chi connectivity index (χ2v) is 8.12. The number of aryl methyl sites for hydroxylation is 1. The monoisotopic (exact) mass is 385 g/mol. The van der Waals surface area contributed by atoms with Crippen LogP contribution in [0.2, 0.25) is 0 Å². The molecule has 1 fully saturated rings. The average Bonchev–Trinajstić information content (AvgIpc) is 3.02. The van der Waals surface area contributed by atoms with Gasteiger partial charge >= 0.3 is 0 Å². The van der Waals surface area contributed by atoms with E-state index in [2.05, 4.69) is 10.3 Å². The third kappa shape index (κ3) is 4.41. The SMILES string of the molecule is CNCC1CCN(S(=O)(=O)c2ccc(-c3coc(C)n3)cc2)CC1.Cl. The molecule has 1 aromatic carbocycles. The smallest absolute Gasteiger partial charge is 0.243 e. The van der Waals surface area contributed by atoms with Gasteiger partial charge < -0.3 is 9.73 Å². The van der Waals surface area contributed by atoms with Crippen LogP contribution in [0.25, 0.3) is 11.3 Å². The van der Waals surface area contributed by atoms with E-state index in [4.69, 9.17) is 4.42 Å². The van der Waals surface area contributed by atoms with Crippen LogP contribution in [-0.2, 0) is 10.0 Å². The molecule has 1 N–H and O–H groups in total. The van der Waals surface area contributed by atoms with Gasteiger partial charge in [-0.1, -0.05) is 12.1 Å². The number of rotatable bonds is 5. The van der Waals surface area contributed by atoms with Crippen molar-refractivity contribution >= 4 is 22.4 Å². The lowest BCUT2D eigenvalue weighted by Gasteiger charge is -2.31. The zero-order valence-corrected chi connectivity index (χ0v) is 16.1. The van der Waals surface area contributed by atoms with E-state index in [9.17, 15) is 8.42 Å². The summed E-state index contributed by atoms with van der Waals surface area (Å²) in [5.74, 6) is 1.14. The first-order valence-electron chi connectivity index (χ1n) is 8.18. The quantitative estimate of drug-likeness (QED) is 0.856. The Morgan fingerprint density at radius 3 is 2.40 bits per heavy atom. The Morgan fingerprint density at radius 2 is 1.88 bits per heavy atom. The summed E-state index contributed by atoms with van der Waals surface area (Å²) in [5.41, 5.74) is 1.56. The highest BCUT2D eigenvalue weighted by atomic mass is 35.5. The molecule has 0 saturated carbocycles. The lowest BCUT2D eigenvalue weighted by atomic mass is 9.98. The Hall–Kier alpha value is -1.41. The molecule has 2 aromatic rings. The molecule has 6 nitrogen and oxygen atoms in total. The van der Waals surface area contributed by atoms with Crippen LogP contribution >= 0.6 is 12.4 Å². The molecule has 0 atom stereocenters. The number of hydrogen-bond donors (Lipinski definition) is 1. The van der Waals surface area contributed by atoms with Gasteiger partial charge in [0.15, 0.2) is 5.89 Å². The number of benzene rings is 1. The fourth-order valence-corrected chi connectivity index (χ4v) is 4.55. The van der Waals surface area contributed by atoms with Crippen LogP contribution in [0.4, 0.5) is 0 Å². The third-order valence-electron chi connectivity index (χ3n) is 4.47. The zero-order chi connectivity index (χ0) is 17.2. The van der Waals surface area contributed by atoms with Crippen molar-refractivity contribution in [2.75, 3.05) is 26.7 Å². The predicted molar refractivity (Wildman–Crippen MR) is 99.3 cm³/mol. The maximum Gasteiger partial charge on any atom is 0.243 e. The molecule has 1 aliphatic heterocycles. The lowest BCUT2D eigenvalue weighted by Crippen LogP contribution is -2.40. The van der Waals surface area contributed by atoms with Crippen molar-refractivity contribution in [3.05, 3.63) is 36.4 Å². The molecule has 0 radical (unpaired) electrons. The van der Waals surface area contributed by atoms with Crippen LogP contribution in [0.5, 0.6) is 0 Å². The summed E-state index contributed by atoms with van der Waals surface area (Å²) in [6, 6.07) is 6.85. The maximum absolute atomic E-state index is 12.8. The van der Waals surface area contributed by atoms with E-state index >= 15 is 0 Å². The van der Waals surface area contributed by atoms with Crippen molar-refractivity contribution in [2.24, 2.45) is 5.92 Å². The van der Waals surface area contributed by atoms with Crippen LogP contribution in [0.1, 0.15) is 18.7 Å². The normalized spacial score (nSPS) is 16.6. The van der Waals surface area contributed by atoms with Crippen molar-refractivity contribution < 1.29 is 12.8 Å². The average molecular weight is 386 g/mol. The molecule has 8 heteroatoms.